The van der Waals surface area contributed by atoms with Crippen molar-refractivity contribution in [3.05, 3.63) is 24.3 Å². The number of fused-ring (bicyclic) bond motifs is 1. The molecule has 0 bridgehead atoms. The summed E-state index contributed by atoms with van der Waals surface area (Å²) in [7, 11) is 0. The van der Waals surface area contributed by atoms with Gasteiger partial charge in [0.15, 0.2) is 0 Å². The second-order valence-electron chi connectivity index (χ2n) is 3.86. The standard InChI is InChI=1S/C11H15N3S/c1-4-15-11(2,3)14-12-9-7-5-6-8-10(9)13-14/h5-8H,4H2,1-3H3. The number of benzene rings is 1. The van der Waals surface area contributed by atoms with Gasteiger partial charge in [0.2, 0.25) is 0 Å². The first-order valence-corrected chi connectivity index (χ1v) is 6.08. The second-order valence-corrected chi connectivity index (χ2v) is 5.72. The molecule has 0 aliphatic rings. The van der Waals surface area contributed by atoms with Gasteiger partial charge < -0.3 is 0 Å². The van der Waals surface area contributed by atoms with E-state index < -0.39 is 0 Å². The average Bonchev–Trinajstić information content (AvgIpc) is 2.61. The number of hydrogen-bond donors (Lipinski definition) is 0. The van der Waals surface area contributed by atoms with E-state index in [0.29, 0.717) is 0 Å². The minimum absolute atomic E-state index is 0.0756. The molecule has 3 nitrogen and oxygen atoms in total. The predicted molar refractivity (Wildman–Crippen MR) is 65.0 cm³/mol. The van der Waals surface area contributed by atoms with Crippen LogP contribution in [0.5, 0.6) is 0 Å². The molecule has 0 saturated heterocycles. The van der Waals surface area contributed by atoms with Crippen LogP contribution in [0.2, 0.25) is 0 Å². The molecule has 0 amide bonds. The van der Waals surface area contributed by atoms with E-state index in [1.165, 1.54) is 0 Å². The molecule has 0 fully saturated rings. The molecule has 0 aliphatic heterocycles. The molecular formula is C11H15N3S. The first kappa shape index (κ1) is 10.5. The fourth-order valence-electron chi connectivity index (χ4n) is 1.51. The van der Waals surface area contributed by atoms with Gasteiger partial charge in [-0.15, -0.1) is 11.8 Å². The summed E-state index contributed by atoms with van der Waals surface area (Å²) < 4.78 is 0. The zero-order chi connectivity index (χ0) is 10.9. The van der Waals surface area contributed by atoms with Crippen LogP contribution in [0.15, 0.2) is 24.3 Å². The van der Waals surface area contributed by atoms with Crippen molar-refractivity contribution in [1.29, 1.82) is 0 Å². The van der Waals surface area contributed by atoms with Crippen molar-refractivity contribution in [2.75, 3.05) is 5.75 Å². The zero-order valence-electron chi connectivity index (χ0n) is 9.27. The van der Waals surface area contributed by atoms with Crippen LogP contribution >= 0.6 is 11.8 Å². The van der Waals surface area contributed by atoms with E-state index in [0.717, 1.165) is 16.8 Å². The van der Waals surface area contributed by atoms with Crippen LogP contribution in [0.3, 0.4) is 0 Å². The molecule has 0 spiro atoms. The van der Waals surface area contributed by atoms with Crippen molar-refractivity contribution in [1.82, 2.24) is 15.0 Å². The Morgan fingerprint density at radius 3 is 2.20 bits per heavy atom. The maximum absolute atomic E-state index is 4.49. The summed E-state index contributed by atoms with van der Waals surface area (Å²) in [6, 6.07) is 7.96. The maximum atomic E-state index is 4.49. The summed E-state index contributed by atoms with van der Waals surface area (Å²) in [5.41, 5.74) is 1.92. The highest BCUT2D eigenvalue weighted by molar-refractivity contribution is 7.99. The molecule has 0 unspecified atom stereocenters. The Labute approximate surface area is 93.9 Å². The monoisotopic (exact) mass is 221 g/mol. The molecule has 0 atom stereocenters. The molecule has 0 N–H and O–H groups in total. The lowest BCUT2D eigenvalue weighted by atomic mass is 10.3. The molecule has 0 aliphatic carbocycles. The Hall–Kier alpha value is -1.03. The van der Waals surface area contributed by atoms with Gasteiger partial charge in [-0.1, -0.05) is 19.1 Å². The second kappa shape index (κ2) is 3.85. The maximum Gasteiger partial charge on any atom is 0.122 e. The summed E-state index contributed by atoms with van der Waals surface area (Å²) in [5, 5.41) is 8.98. The van der Waals surface area contributed by atoms with Gasteiger partial charge in [-0.2, -0.15) is 15.0 Å². The van der Waals surface area contributed by atoms with Crippen LogP contribution in [-0.4, -0.2) is 20.7 Å². The minimum atomic E-state index is -0.0756. The summed E-state index contributed by atoms with van der Waals surface area (Å²) in [4.78, 5) is 1.74. The molecule has 0 radical (unpaired) electrons. The third kappa shape index (κ3) is 2.00. The zero-order valence-corrected chi connectivity index (χ0v) is 10.1. The Kier molecular flexibility index (Phi) is 2.69. The largest absolute Gasteiger partial charge is 0.168 e. The molecule has 1 heterocycles. The molecule has 80 valence electrons. The van der Waals surface area contributed by atoms with Gasteiger partial charge in [0.1, 0.15) is 15.9 Å². The molecule has 1 aromatic heterocycles. The first-order valence-electron chi connectivity index (χ1n) is 5.10. The fraction of sp³-hybridized carbons (Fsp3) is 0.455. The number of aromatic nitrogens is 3. The summed E-state index contributed by atoms with van der Waals surface area (Å²) >= 11 is 1.84. The lowest BCUT2D eigenvalue weighted by molar-refractivity contribution is 0.424. The van der Waals surface area contributed by atoms with Crippen molar-refractivity contribution in [3.63, 3.8) is 0 Å². The van der Waals surface area contributed by atoms with Gasteiger partial charge in [0.05, 0.1) is 0 Å². The van der Waals surface area contributed by atoms with Crippen molar-refractivity contribution < 1.29 is 0 Å². The van der Waals surface area contributed by atoms with Crippen LogP contribution < -0.4 is 0 Å². The van der Waals surface area contributed by atoms with Crippen LogP contribution in [0.4, 0.5) is 0 Å². The van der Waals surface area contributed by atoms with E-state index in [2.05, 4.69) is 31.0 Å². The lowest BCUT2D eigenvalue weighted by Gasteiger charge is -2.21. The Morgan fingerprint density at radius 2 is 1.73 bits per heavy atom. The van der Waals surface area contributed by atoms with Crippen LogP contribution in [0.25, 0.3) is 11.0 Å². The number of nitrogens with zero attached hydrogens (tertiary/aromatic N) is 3. The summed E-state index contributed by atoms with van der Waals surface area (Å²) in [6.07, 6.45) is 0. The third-order valence-corrected chi connectivity index (χ3v) is 3.42. The van der Waals surface area contributed by atoms with E-state index in [4.69, 9.17) is 0 Å². The number of thioether (sulfide) groups is 1. The predicted octanol–water partition coefficient (Wildman–Crippen LogP) is 2.88. The van der Waals surface area contributed by atoms with E-state index in [9.17, 15) is 0 Å². The van der Waals surface area contributed by atoms with Gasteiger partial charge >= 0.3 is 0 Å². The highest BCUT2D eigenvalue weighted by atomic mass is 32.2. The highest BCUT2D eigenvalue weighted by Gasteiger charge is 2.22. The van der Waals surface area contributed by atoms with Gasteiger partial charge in [0.25, 0.3) is 0 Å². The Balaban J connectivity index is 2.44. The van der Waals surface area contributed by atoms with Crippen molar-refractivity contribution in [2.45, 2.75) is 25.6 Å². The van der Waals surface area contributed by atoms with Gasteiger partial charge in [-0.25, -0.2) is 0 Å². The Bertz CT molecular complexity index is 429. The van der Waals surface area contributed by atoms with Crippen molar-refractivity contribution in [2.24, 2.45) is 0 Å². The molecule has 0 saturated carbocycles. The van der Waals surface area contributed by atoms with Gasteiger partial charge in [0, 0.05) is 0 Å². The van der Waals surface area contributed by atoms with E-state index in [1.54, 1.807) is 0 Å². The molecule has 2 aromatic rings. The SMILES string of the molecule is CCSC(C)(C)n1nc2ccccc2n1. The topological polar surface area (TPSA) is 30.7 Å². The smallest absolute Gasteiger partial charge is 0.122 e. The number of hydrogen-bond acceptors (Lipinski definition) is 3. The third-order valence-electron chi connectivity index (χ3n) is 2.27. The summed E-state index contributed by atoms with van der Waals surface area (Å²) in [6.45, 7) is 6.43. The Morgan fingerprint density at radius 1 is 1.20 bits per heavy atom. The van der Waals surface area contributed by atoms with Crippen LogP contribution in [0, 0.1) is 0 Å². The fourth-order valence-corrected chi connectivity index (χ4v) is 2.42. The molecule has 4 heteroatoms. The van der Waals surface area contributed by atoms with Crippen LogP contribution in [0.1, 0.15) is 20.8 Å². The summed E-state index contributed by atoms with van der Waals surface area (Å²) in [5.74, 6) is 1.06. The van der Waals surface area contributed by atoms with E-state index >= 15 is 0 Å². The normalized spacial score (nSPS) is 12.2. The molecule has 2 rings (SSSR count). The first-order chi connectivity index (χ1) is 7.13. The highest BCUT2D eigenvalue weighted by Crippen LogP contribution is 2.28. The number of rotatable bonds is 3. The van der Waals surface area contributed by atoms with Gasteiger partial charge in [-0.3, -0.25) is 0 Å². The molecule has 15 heavy (non-hydrogen) atoms. The lowest BCUT2D eigenvalue weighted by Crippen LogP contribution is -2.25. The molecular weight excluding hydrogens is 206 g/mol. The van der Waals surface area contributed by atoms with E-state index in [-0.39, 0.29) is 4.87 Å². The van der Waals surface area contributed by atoms with Crippen molar-refractivity contribution in [3.8, 4) is 0 Å². The van der Waals surface area contributed by atoms with E-state index in [1.807, 2.05) is 40.8 Å². The quantitative estimate of drug-likeness (QED) is 0.798. The van der Waals surface area contributed by atoms with Crippen LogP contribution in [-0.2, 0) is 4.87 Å². The van der Waals surface area contributed by atoms with Crippen molar-refractivity contribution >= 4 is 22.8 Å². The van der Waals surface area contributed by atoms with Gasteiger partial charge in [-0.05, 0) is 31.7 Å². The minimum Gasteiger partial charge on any atom is -0.168 e. The molecule has 1 aromatic carbocycles. The average molecular weight is 221 g/mol.